The first-order chi connectivity index (χ1) is 17.4. The standard InChI is InChI=1S/C27H16BrClO7/c1-13-20(36-27(31)23-9-14-8-18(29)2-4-21(14)34-23)5-3-19-24(30)22(35-25(13)19)10-15-6-17(28)7-16-11-32-12-33-26(15)16/h2-10H,11-12H2,1H3/b22-10-. The number of furan rings is 1. The van der Waals surface area contributed by atoms with Crippen molar-refractivity contribution in [2.45, 2.75) is 13.5 Å². The van der Waals surface area contributed by atoms with Crippen molar-refractivity contribution in [3.8, 4) is 17.2 Å². The Balaban J connectivity index is 1.29. The third kappa shape index (κ3) is 3.97. The number of rotatable bonds is 3. The molecule has 3 heterocycles. The predicted molar refractivity (Wildman–Crippen MR) is 135 cm³/mol. The first-order valence-electron chi connectivity index (χ1n) is 10.9. The van der Waals surface area contributed by atoms with Crippen LogP contribution in [0.4, 0.5) is 0 Å². The van der Waals surface area contributed by atoms with Gasteiger partial charge in [-0.2, -0.15) is 0 Å². The minimum Gasteiger partial charge on any atom is -0.467 e. The fourth-order valence-corrected chi connectivity index (χ4v) is 4.90. The van der Waals surface area contributed by atoms with Crippen molar-refractivity contribution >= 4 is 56.3 Å². The topological polar surface area (TPSA) is 84.2 Å². The van der Waals surface area contributed by atoms with Gasteiger partial charge < -0.3 is 23.4 Å². The van der Waals surface area contributed by atoms with Gasteiger partial charge in [-0.15, -0.1) is 0 Å². The lowest BCUT2D eigenvalue weighted by molar-refractivity contribution is -0.0165. The summed E-state index contributed by atoms with van der Waals surface area (Å²) in [6, 6.07) is 13.5. The van der Waals surface area contributed by atoms with Gasteiger partial charge in [0.1, 0.15) is 22.8 Å². The summed E-state index contributed by atoms with van der Waals surface area (Å²) in [6.45, 7) is 2.26. The molecule has 1 aromatic heterocycles. The highest BCUT2D eigenvalue weighted by molar-refractivity contribution is 9.10. The SMILES string of the molecule is Cc1c(OC(=O)c2cc3cc(Cl)ccc3o2)ccc2c1O/C(=C\c1cc(Br)cc3c1OCOC3)C2=O. The van der Waals surface area contributed by atoms with Crippen LogP contribution in [0.2, 0.25) is 5.02 Å². The minimum absolute atomic E-state index is 0.0353. The zero-order valence-corrected chi connectivity index (χ0v) is 21.1. The van der Waals surface area contributed by atoms with Crippen molar-refractivity contribution in [3.63, 3.8) is 0 Å². The maximum absolute atomic E-state index is 13.1. The fourth-order valence-electron chi connectivity index (χ4n) is 4.20. The van der Waals surface area contributed by atoms with Crippen molar-refractivity contribution in [2.75, 3.05) is 6.79 Å². The molecule has 0 fully saturated rings. The molecule has 0 atom stereocenters. The molecule has 0 saturated heterocycles. The number of hydrogen-bond acceptors (Lipinski definition) is 7. The van der Waals surface area contributed by atoms with Gasteiger partial charge >= 0.3 is 5.97 Å². The van der Waals surface area contributed by atoms with E-state index in [1.54, 1.807) is 49.4 Å². The van der Waals surface area contributed by atoms with Gasteiger partial charge in [-0.3, -0.25) is 4.79 Å². The summed E-state index contributed by atoms with van der Waals surface area (Å²) in [5, 5.41) is 1.22. The second-order valence-corrected chi connectivity index (χ2v) is 9.63. The van der Waals surface area contributed by atoms with E-state index in [-0.39, 0.29) is 29.8 Å². The van der Waals surface area contributed by atoms with Crippen LogP contribution < -0.4 is 14.2 Å². The molecule has 9 heteroatoms. The lowest BCUT2D eigenvalue weighted by atomic mass is 10.0. The van der Waals surface area contributed by atoms with E-state index in [4.69, 9.17) is 35.0 Å². The molecule has 4 aromatic rings. The van der Waals surface area contributed by atoms with Crippen molar-refractivity contribution in [2.24, 2.45) is 0 Å². The lowest BCUT2D eigenvalue weighted by Crippen LogP contribution is -2.12. The van der Waals surface area contributed by atoms with Crippen LogP contribution in [0.5, 0.6) is 17.2 Å². The number of fused-ring (bicyclic) bond motifs is 3. The van der Waals surface area contributed by atoms with Crippen LogP contribution in [-0.2, 0) is 11.3 Å². The molecule has 0 N–H and O–H groups in total. The first-order valence-corrected chi connectivity index (χ1v) is 12.1. The van der Waals surface area contributed by atoms with E-state index >= 15 is 0 Å². The van der Waals surface area contributed by atoms with Gasteiger partial charge in [0.25, 0.3) is 0 Å². The van der Waals surface area contributed by atoms with Crippen molar-refractivity contribution in [1.29, 1.82) is 0 Å². The van der Waals surface area contributed by atoms with Crippen LogP contribution in [0.1, 0.15) is 37.6 Å². The molecule has 36 heavy (non-hydrogen) atoms. The van der Waals surface area contributed by atoms with Gasteiger partial charge in [0, 0.05) is 31.6 Å². The largest absolute Gasteiger partial charge is 0.467 e. The number of ketones is 1. The predicted octanol–water partition coefficient (Wildman–Crippen LogP) is 6.86. The summed E-state index contributed by atoms with van der Waals surface area (Å²) in [5.74, 6) is 0.455. The quantitative estimate of drug-likeness (QED) is 0.152. The molecule has 2 aliphatic heterocycles. The van der Waals surface area contributed by atoms with Gasteiger partial charge in [0.2, 0.25) is 11.5 Å². The number of benzene rings is 3. The molecular weight excluding hydrogens is 552 g/mol. The summed E-state index contributed by atoms with van der Waals surface area (Å²) in [4.78, 5) is 25.8. The number of Topliss-reactive ketones (excluding diaryl/α,β-unsaturated/α-hetero) is 1. The molecular formula is C27H16BrClO7. The van der Waals surface area contributed by atoms with Crippen LogP contribution in [0.15, 0.2) is 63.2 Å². The highest BCUT2D eigenvalue weighted by atomic mass is 79.9. The fraction of sp³-hybridized carbons (Fsp3) is 0.111. The van der Waals surface area contributed by atoms with Gasteiger partial charge in [0.05, 0.1) is 12.2 Å². The van der Waals surface area contributed by atoms with Crippen molar-refractivity contribution < 1.29 is 33.0 Å². The lowest BCUT2D eigenvalue weighted by Gasteiger charge is -2.20. The van der Waals surface area contributed by atoms with Crippen molar-refractivity contribution in [3.05, 3.63) is 91.8 Å². The number of allylic oxidation sites excluding steroid dienone is 1. The van der Waals surface area contributed by atoms with E-state index in [0.717, 1.165) is 10.0 Å². The van der Waals surface area contributed by atoms with Crippen LogP contribution >= 0.6 is 27.5 Å². The molecule has 2 aliphatic rings. The third-order valence-electron chi connectivity index (χ3n) is 5.91. The Labute approximate surface area is 218 Å². The smallest absolute Gasteiger partial charge is 0.379 e. The minimum atomic E-state index is -0.675. The summed E-state index contributed by atoms with van der Waals surface area (Å²) in [5.41, 5.74) is 2.96. The number of esters is 1. The van der Waals surface area contributed by atoms with Crippen LogP contribution in [-0.4, -0.2) is 18.5 Å². The normalized spacial score (nSPS) is 15.4. The highest BCUT2D eigenvalue weighted by Gasteiger charge is 2.31. The van der Waals surface area contributed by atoms with Crippen LogP contribution in [0.25, 0.3) is 17.0 Å². The molecule has 3 aromatic carbocycles. The molecule has 7 nitrogen and oxygen atoms in total. The van der Waals surface area contributed by atoms with Crippen LogP contribution in [0.3, 0.4) is 0 Å². The number of halogens is 2. The molecule has 0 bridgehead atoms. The van der Waals surface area contributed by atoms with E-state index in [0.29, 0.717) is 50.8 Å². The van der Waals surface area contributed by atoms with Crippen molar-refractivity contribution in [1.82, 2.24) is 0 Å². The molecule has 0 unspecified atom stereocenters. The van der Waals surface area contributed by atoms with E-state index in [1.165, 1.54) is 0 Å². The molecule has 0 spiro atoms. The summed E-state index contributed by atoms with van der Waals surface area (Å²) >= 11 is 9.49. The van der Waals surface area contributed by atoms with Crippen LogP contribution in [0, 0.1) is 6.92 Å². The molecule has 0 amide bonds. The zero-order valence-electron chi connectivity index (χ0n) is 18.7. The number of carbonyl (C=O) groups is 2. The summed E-state index contributed by atoms with van der Waals surface area (Å²) < 4.78 is 29.0. The summed E-state index contributed by atoms with van der Waals surface area (Å²) in [7, 11) is 0. The Bertz CT molecular complexity index is 1620. The molecule has 0 aliphatic carbocycles. The Morgan fingerprint density at radius 1 is 1.11 bits per heavy atom. The Kier molecular flexibility index (Phi) is 5.59. The molecule has 0 saturated carbocycles. The van der Waals surface area contributed by atoms with E-state index in [9.17, 15) is 9.59 Å². The highest BCUT2D eigenvalue weighted by Crippen LogP contribution is 2.41. The summed E-state index contributed by atoms with van der Waals surface area (Å²) in [6.07, 6.45) is 1.64. The molecule has 180 valence electrons. The van der Waals surface area contributed by atoms with Gasteiger partial charge in [-0.05, 0) is 61.5 Å². The zero-order chi connectivity index (χ0) is 25.0. The van der Waals surface area contributed by atoms with Gasteiger partial charge in [-0.1, -0.05) is 27.5 Å². The molecule has 0 radical (unpaired) electrons. The van der Waals surface area contributed by atoms with E-state index in [2.05, 4.69) is 15.9 Å². The maximum atomic E-state index is 13.1. The van der Waals surface area contributed by atoms with Gasteiger partial charge in [-0.25, -0.2) is 4.79 Å². The average molecular weight is 568 g/mol. The maximum Gasteiger partial charge on any atom is 0.379 e. The Morgan fingerprint density at radius 3 is 2.83 bits per heavy atom. The Morgan fingerprint density at radius 2 is 1.97 bits per heavy atom. The van der Waals surface area contributed by atoms with E-state index in [1.807, 2.05) is 12.1 Å². The molecule has 6 rings (SSSR count). The first kappa shape index (κ1) is 22.8. The second-order valence-electron chi connectivity index (χ2n) is 8.28. The average Bonchev–Trinajstić information content (AvgIpc) is 3.42. The second kappa shape index (κ2) is 8.81. The third-order valence-corrected chi connectivity index (χ3v) is 6.60. The number of hydrogen-bond donors (Lipinski definition) is 0. The number of carbonyl (C=O) groups excluding carboxylic acids is 2. The number of ether oxygens (including phenoxy) is 4. The van der Waals surface area contributed by atoms with Gasteiger partial charge in [0.15, 0.2) is 12.6 Å². The monoisotopic (exact) mass is 566 g/mol. The van der Waals surface area contributed by atoms with E-state index < -0.39 is 5.97 Å². The Hall–Kier alpha value is -3.59.